The van der Waals surface area contributed by atoms with E-state index >= 15 is 0 Å². The largest absolute Gasteiger partial charge is 0.481 e. The van der Waals surface area contributed by atoms with E-state index in [2.05, 4.69) is 0 Å². The smallest absolute Gasteiger partial charge is 0.267 e. The number of fused-ring (bicyclic) bond motifs is 1. The SMILES string of the molecule is C[C@@H](Oc1ccccc1)C(=O)N1CCc2cc(S(=O)(=O)N(C)C)ccc21. The molecule has 0 radical (unpaired) electrons. The van der Waals surface area contributed by atoms with Crippen LogP contribution in [0.5, 0.6) is 5.75 Å². The molecule has 7 heteroatoms. The molecule has 0 saturated carbocycles. The summed E-state index contributed by atoms with van der Waals surface area (Å²) >= 11 is 0. The van der Waals surface area contributed by atoms with Crippen LogP contribution in [0, 0.1) is 0 Å². The quantitative estimate of drug-likeness (QED) is 0.805. The van der Waals surface area contributed by atoms with Crippen molar-refractivity contribution in [1.29, 1.82) is 0 Å². The molecular formula is C19H22N2O4S. The highest BCUT2D eigenvalue weighted by molar-refractivity contribution is 7.89. The summed E-state index contributed by atoms with van der Waals surface area (Å²) in [7, 11) is -0.486. The fraction of sp³-hybridized carbons (Fsp3) is 0.316. The van der Waals surface area contributed by atoms with Crippen LogP contribution in [-0.2, 0) is 21.2 Å². The van der Waals surface area contributed by atoms with Crippen LogP contribution in [0.25, 0.3) is 0 Å². The first-order valence-electron chi connectivity index (χ1n) is 8.39. The van der Waals surface area contributed by atoms with Crippen molar-refractivity contribution in [2.75, 3.05) is 25.5 Å². The van der Waals surface area contributed by atoms with Crippen LogP contribution in [0.2, 0.25) is 0 Å². The standard InChI is InChI=1S/C19H22N2O4S/c1-14(25-16-7-5-4-6-8-16)19(22)21-12-11-15-13-17(9-10-18(15)21)26(23,24)20(2)3/h4-10,13-14H,11-12H2,1-3H3/t14-/m1/s1. The summed E-state index contributed by atoms with van der Waals surface area (Å²) in [4.78, 5) is 14.7. The lowest BCUT2D eigenvalue weighted by Crippen LogP contribution is -2.39. The van der Waals surface area contributed by atoms with Gasteiger partial charge < -0.3 is 9.64 Å². The number of ether oxygens (including phenoxy) is 1. The summed E-state index contributed by atoms with van der Waals surface area (Å²) < 4.78 is 31.5. The van der Waals surface area contributed by atoms with Gasteiger partial charge >= 0.3 is 0 Å². The van der Waals surface area contributed by atoms with Gasteiger partial charge in [0.25, 0.3) is 5.91 Å². The zero-order valence-electron chi connectivity index (χ0n) is 15.0. The van der Waals surface area contributed by atoms with Gasteiger partial charge in [-0.3, -0.25) is 4.79 Å². The highest BCUT2D eigenvalue weighted by Gasteiger charge is 2.30. The summed E-state index contributed by atoms with van der Waals surface area (Å²) in [5.74, 6) is 0.496. The Kier molecular flexibility index (Phi) is 5.02. The Balaban J connectivity index is 1.80. The highest BCUT2D eigenvalue weighted by Crippen LogP contribution is 2.31. The summed E-state index contributed by atoms with van der Waals surface area (Å²) in [5.41, 5.74) is 1.60. The molecule has 26 heavy (non-hydrogen) atoms. The Labute approximate surface area is 154 Å². The predicted octanol–water partition coefficient (Wildman–Crippen LogP) is 2.29. The van der Waals surface area contributed by atoms with E-state index in [-0.39, 0.29) is 10.8 Å². The van der Waals surface area contributed by atoms with E-state index < -0.39 is 16.1 Å². The molecule has 6 nitrogen and oxygen atoms in total. The molecule has 0 fully saturated rings. The maximum Gasteiger partial charge on any atom is 0.267 e. The summed E-state index contributed by atoms with van der Waals surface area (Å²) in [6, 6.07) is 14.1. The van der Waals surface area contributed by atoms with Crippen molar-refractivity contribution >= 4 is 21.6 Å². The molecule has 0 bridgehead atoms. The maximum atomic E-state index is 12.8. The Morgan fingerprint density at radius 1 is 1.15 bits per heavy atom. The lowest BCUT2D eigenvalue weighted by atomic mass is 10.2. The number of amides is 1. The van der Waals surface area contributed by atoms with Crippen LogP contribution in [0.15, 0.2) is 53.4 Å². The topological polar surface area (TPSA) is 66.9 Å². The zero-order chi connectivity index (χ0) is 18.9. The van der Waals surface area contributed by atoms with Crippen LogP contribution in [-0.4, -0.2) is 45.4 Å². The monoisotopic (exact) mass is 374 g/mol. The van der Waals surface area contributed by atoms with Gasteiger partial charge in [-0.1, -0.05) is 18.2 Å². The fourth-order valence-corrected chi connectivity index (χ4v) is 3.90. The molecule has 0 aromatic heterocycles. The van der Waals surface area contributed by atoms with Gasteiger partial charge in [-0.25, -0.2) is 12.7 Å². The molecule has 1 aliphatic rings. The number of hydrogen-bond acceptors (Lipinski definition) is 4. The summed E-state index contributed by atoms with van der Waals surface area (Å²) in [6.45, 7) is 2.24. The van der Waals surface area contributed by atoms with Crippen LogP contribution in [0.1, 0.15) is 12.5 Å². The van der Waals surface area contributed by atoms with Crippen molar-refractivity contribution in [2.24, 2.45) is 0 Å². The molecule has 0 saturated heterocycles. The number of sulfonamides is 1. The number of benzene rings is 2. The lowest BCUT2D eigenvalue weighted by molar-refractivity contribution is -0.124. The van der Waals surface area contributed by atoms with E-state index in [1.54, 1.807) is 42.2 Å². The number of anilines is 1. The van der Waals surface area contributed by atoms with Crippen molar-refractivity contribution in [3.8, 4) is 5.75 Å². The second kappa shape index (κ2) is 7.09. The van der Waals surface area contributed by atoms with E-state index in [9.17, 15) is 13.2 Å². The van der Waals surface area contributed by atoms with Crippen LogP contribution < -0.4 is 9.64 Å². The third-order valence-electron chi connectivity index (χ3n) is 4.39. The predicted molar refractivity (Wildman–Crippen MR) is 99.9 cm³/mol. The molecule has 138 valence electrons. The minimum Gasteiger partial charge on any atom is -0.481 e. The first kappa shape index (κ1) is 18.4. The Morgan fingerprint density at radius 2 is 1.85 bits per heavy atom. The summed E-state index contributed by atoms with van der Waals surface area (Å²) in [5, 5.41) is 0. The Bertz CT molecular complexity index is 910. The number of para-hydroxylation sites is 1. The average Bonchev–Trinajstić information content (AvgIpc) is 3.04. The van der Waals surface area contributed by atoms with E-state index in [0.29, 0.717) is 18.7 Å². The van der Waals surface area contributed by atoms with Crippen molar-refractivity contribution < 1.29 is 17.9 Å². The van der Waals surface area contributed by atoms with Crippen LogP contribution in [0.3, 0.4) is 0 Å². The van der Waals surface area contributed by atoms with Crippen molar-refractivity contribution in [3.05, 3.63) is 54.1 Å². The number of nitrogens with zero attached hydrogens (tertiary/aromatic N) is 2. The van der Waals surface area contributed by atoms with Gasteiger partial charge in [0.1, 0.15) is 5.75 Å². The highest BCUT2D eigenvalue weighted by atomic mass is 32.2. The van der Waals surface area contributed by atoms with Gasteiger partial charge in [0.15, 0.2) is 6.10 Å². The Morgan fingerprint density at radius 3 is 2.50 bits per heavy atom. The number of hydrogen-bond donors (Lipinski definition) is 0. The molecule has 1 atom stereocenters. The van der Waals surface area contributed by atoms with Crippen LogP contribution >= 0.6 is 0 Å². The molecule has 0 unspecified atom stereocenters. The molecular weight excluding hydrogens is 352 g/mol. The van der Waals surface area contributed by atoms with Gasteiger partial charge in [0, 0.05) is 26.3 Å². The van der Waals surface area contributed by atoms with E-state index in [4.69, 9.17) is 4.74 Å². The first-order valence-corrected chi connectivity index (χ1v) is 9.83. The van der Waals surface area contributed by atoms with Gasteiger partial charge in [-0.2, -0.15) is 0 Å². The maximum absolute atomic E-state index is 12.8. The van der Waals surface area contributed by atoms with Crippen molar-refractivity contribution in [1.82, 2.24) is 4.31 Å². The number of carbonyl (C=O) groups excluding carboxylic acids is 1. The lowest BCUT2D eigenvalue weighted by Gasteiger charge is -2.22. The molecule has 0 N–H and O–H groups in total. The molecule has 0 aliphatic carbocycles. The fourth-order valence-electron chi connectivity index (χ4n) is 2.95. The minimum absolute atomic E-state index is 0.143. The molecule has 3 rings (SSSR count). The minimum atomic E-state index is -3.49. The zero-order valence-corrected chi connectivity index (χ0v) is 15.9. The van der Waals surface area contributed by atoms with E-state index in [0.717, 1.165) is 11.3 Å². The molecule has 1 aliphatic heterocycles. The third kappa shape index (κ3) is 3.45. The molecule has 2 aromatic carbocycles. The number of rotatable bonds is 5. The molecule has 1 heterocycles. The Hall–Kier alpha value is -2.38. The van der Waals surface area contributed by atoms with Gasteiger partial charge in [0.2, 0.25) is 10.0 Å². The molecule has 1 amide bonds. The average molecular weight is 374 g/mol. The van der Waals surface area contributed by atoms with E-state index in [1.807, 2.05) is 18.2 Å². The van der Waals surface area contributed by atoms with Crippen molar-refractivity contribution in [2.45, 2.75) is 24.3 Å². The third-order valence-corrected chi connectivity index (χ3v) is 6.21. The van der Waals surface area contributed by atoms with Gasteiger partial charge in [-0.15, -0.1) is 0 Å². The summed E-state index contributed by atoms with van der Waals surface area (Å²) in [6.07, 6.45) is -0.0100. The molecule has 2 aromatic rings. The second-order valence-corrected chi connectivity index (χ2v) is 8.54. The van der Waals surface area contributed by atoms with E-state index in [1.165, 1.54) is 18.4 Å². The first-order chi connectivity index (χ1) is 12.3. The van der Waals surface area contributed by atoms with Gasteiger partial charge in [-0.05, 0) is 49.2 Å². The number of carbonyl (C=O) groups is 1. The molecule has 0 spiro atoms. The second-order valence-electron chi connectivity index (χ2n) is 6.39. The normalized spacial score (nSPS) is 15.0. The van der Waals surface area contributed by atoms with Gasteiger partial charge in [0.05, 0.1) is 4.90 Å². The van der Waals surface area contributed by atoms with Crippen molar-refractivity contribution in [3.63, 3.8) is 0 Å². The van der Waals surface area contributed by atoms with Crippen LogP contribution in [0.4, 0.5) is 5.69 Å².